The summed E-state index contributed by atoms with van der Waals surface area (Å²) in [6, 6.07) is 15.9. The van der Waals surface area contributed by atoms with E-state index in [0.29, 0.717) is 10.6 Å². The molecule has 0 aliphatic heterocycles. The fourth-order valence-electron chi connectivity index (χ4n) is 3.85. The van der Waals surface area contributed by atoms with Crippen LogP contribution < -0.4 is 9.62 Å². The lowest BCUT2D eigenvalue weighted by atomic mass is 10.1. The van der Waals surface area contributed by atoms with Crippen molar-refractivity contribution >= 4 is 39.1 Å². The molecule has 3 aromatic carbocycles. The van der Waals surface area contributed by atoms with Crippen LogP contribution in [0.2, 0.25) is 5.02 Å². The van der Waals surface area contributed by atoms with Crippen LogP contribution in [0.5, 0.6) is 0 Å². The van der Waals surface area contributed by atoms with Gasteiger partial charge in [0.05, 0.1) is 10.6 Å². The molecule has 0 heterocycles. The standard InChI is InChI=1S/C27H29ClFN3O4S/c1-18-9-12-23(13-10-18)37(35,36)32(25-14-11-22(28)15-19(25)2)17-26(33)31(20(3)27(34)30-4)16-21-7-5-6-8-24(21)29/h5-15,20H,16-17H2,1-4H3,(H,30,34)/t20-/m0/s1. The third kappa shape index (κ3) is 6.47. The van der Waals surface area contributed by atoms with Crippen molar-refractivity contribution in [3.8, 4) is 0 Å². The summed E-state index contributed by atoms with van der Waals surface area (Å²) in [4.78, 5) is 27.4. The molecule has 0 saturated carbocycles. The molecular weight excluding hydrogens is 517 g/mol. The Kier molecular flexibility index (Phi) is 8.94. The molecule has 196 valence electrons. The molecule has 10 heteroatoms. The average Bonchev–Trinajstić information content (AvgIpc) is 2.86. The summed E-state index contributed by atoms with van der Waals surface area (Å²) in [6.45, 7) is 4.19. The Bertz CT molecular complexity index is 1400. The Labute approximate surface area is 221 Å². The molecule has 2 amide bonds. The van der Waals surface area contributed by atoms with Crippen molar-refractivity contribution < 1.29 is 22.4 Å². The van der Waals surface area contributed by atoms with Gasteiger partial charge in [-0.2, -0.15) is 0 Å². The number of carbonyl (C=O) groups excluding carboxylic acids is 2. The number of hydrogen-bond acceptors (Lipinski definition) is 4. The smallest absolute Gasteiger partial charge is 0.264 e. The molecule has 0 spiro atoms. The van der Waals surface area contributed by atoms with E-state index in [1.165, 1.54) is 61.3 Å². The van der Waals surface area contributed by atoms with E-state index in [1.807, 2.05) is 6.92 Å². The highest BCUT2D eigenvalue weighted by Crippen LogP contribution is 2.29. The number of sulfonamides is 1. The lowest BCUT2D eigenvalue weighted by Crippen LogP contribution is -2.51. The minimum atomic E-state index is -4.20. The summed E-state index contributed by atoms with van der Waals surface area (Å²) < 4.78 is 43.0. The zero-order chi connectivity index (χ0) is 27.3. The van der Waals surface area contributed by atoms with Gasteiger partial charge in [-0.15, -0.1) is 0 Å². The lowest BCUT2D eigenvalue weighted by Gasteiger charge is -2.32. The Balaban J connectivity index is 2.08. The number of nitrogens with one attached hydrogen (secondary N) is 1. The first-order valence-corrected chi connectivity index (χ1v) is 13.4. The SMILES string of the molecule is CNC(=O)[C@H](C)N(Cc1ccccc1F)C(=O)CN(c1ccc(Cl)cc1C)S(=O)(=O)c1ccc(C)cc1. The molecule has 1 atom stereocenters. The summed E-state index contributed by atoms with van der Waals surface area (Å²) >= 11 is 6.10. The number of aryl methyl sites for hydroxylation is 2. The predicted octanol–water partition coefficient (Wildman–Crippen LogP) is 4.45. The van der Waals surface area contributed by atoms with Gasteiger partial charge in [0.25, 0.3) is 10.0 Å². The first kappa shape index (κ1) is 28.1. The molecule has 0 aliphatic carbocycles. The second-order valence-electron chi connectivity index (χ2n) is 8.66. The van der Waals surface area contributed by atoms with Crippen LogP contribution in [0.1, 0.15) is 23.6 Å². The molecule has 0 fully saturated rings. The van der Waals surface area contributed by atoms with E-state index in [9.17, 15) is 22.4 Å². The Morgan fingerprint density at radius 1 is 1.03 bits per heavy atom. The van der Waals surface area contributed by atoms with Crippen molar-refractivity contribution in [1.29, 1.82) is 0 Å². The maximum absolute atomic E-state index is 14.5. The minimum Gasteiger partial charge on any atom is -0.357 e. The molecule has 3 rings (SSSR count). The van der Waals surface area contributed by atoms with Crippen LogP contribution in [0.4, 0.5) is 10.1 Å². The number of carbonyl (C=O) groups is 2. The number of nitrogens with zero attached hydrogens (tertiary/aromatic N) is 2. The molecule has 0 aliphatic rings. The summed E-state index contributed by atoms with van der Waals surface area (Å²) in [5, 5.41) is 2.90. The average molecular weight is 546 g/mol. The van der Waals surface area contributed by atoms with E-state index in [0.717, 1.165) is 9.87 Å². The number of rotatable bonds is 9. The summed E-state index contributed by atoms with van der Waals surface area (Å²) in [7, 11) is -2.77. The predicted molar refractivity (Wildman–Crippen MR) is 142 cm³/mol. The largest absolute Gasteiger partial charge is 0.357 e. The number of likely N-dealkylation sites (N-methyl/N-ethyl adjacent to an activating group) is 1. The van der Waals surface area contributed by atoms with Gasteiger partial charge in [0.15, 0.2) is 0 Å². The summed E-state index contributed by atoms with van der Waals surface area (Å²) in [5.41, 5.74) is 1.87. The second-order valence-corrected chi connectivity index (χ2v) is 11.0. The molecule has 37 heavy (non-hydrogen) atoms. The van der Waals surface area contributed by atoms with Gasteiger partial charge in [0, 0.05) is 24.2 Å². The molecular formula is C27H29ClFN3O4S. The summed E-state index contributed by atoms with van der Waals surface area (Å²) in [6.07, 6.45) is 0. The van der Waals surface area contributed by atoms with E-state index < -0.39 is 40.2 Å². The fraction of sp³-hybridized carbons (Fsp3) is 0.259. The van der Waals surface area contributed by atoms with Gasteiger partial charge < -0.3 is 10.2 Å². The molecule has 0 saturated heterocycles. The van der Waals surface area contributed by atoms with E-state index in [4.69, 9.17) is 11.6 Å². The van der Waals surface area contributed by atoms with Crippen molar-refractivity contribution in [1.82, 2.24) is 10.2 Å². The normalized spacial score (nSPS) is 12.1. The van der Waals surface area contributed by atoms with Crippen LogP contribution >= 0.6 is 11.6 Å². The molecule has 0 unspecified atom stereocenters. The Hall–Kier alpha value is -3.43. The van der Waals surface area contributed by atoms with Crippen molar-refractivity contribution in [2.45, 2.75) is 38.3 Å². The number of halogens is 2. The van der Waals surface area contributed by atoms with Crippen LogP contribution in [-0.2, 0) is 26.2 Å². The zero-order valence-corrected chi connectivity index (χ0v) is 22.6. The highest BCUT2D eigenvalue weighted by molar-refractivity contribution is 7.92. The van der Waals surface area contributed by atoms with Crippen LogP contribution in [0.15, 0.2) is 71.6 Å². The maximum Gasteiger partial charge on any atom is 0.264 e. The van der Waals surface area contributed by atoms with E-state index in [-0.39, 0.29) is 22.7 Å². The second kappa shape index (κ2) is 11.7. The van der Waals surface area contributed by atoms with Crippen molar-refractivity contribution in [3.63, 3.8) is 0 Å². The highest BCUT2D eigenvalue weighted by atomic mass is 35.5. The molecule has 7 nitrogen and oxygen atoms in total. The maximum atomic E-state index is 14.5. The van der Waals surface area contributed by atoms with Gasteiger partial charge in [-0.3, -0.25) is 13.9 Å². The van der Waals surface area contributed by atoms with Crippen molar-refractivity contribution in [2.75, 3.05) is 17.9 Å². The quantitative estimate of drug-likeness (QED) is 0.430. The van der Waals surface area contributed by atoms with Gasteiger partial charge in [0.2, 0.25) is 11.8 Å². The third-order valence-electron chi connectivity index (χ3n) is 6.03. The van der Waals surface area contributed by atoms with Crippen molar-refractivity contribution in [3.05, 3.63) is 94.3 Å². The highest BCUT2D eigenvalue weighted by Gasteiger charge is 2.33. The Morgan fingerprint density at radius 2 is 1.68 bits per heavy atom. The molecule has 0 aromatic heterocycles. The topological polar surface area (TPSA) is 86.8 Å². The van der Waals surface area contributed by atoms with Gasteiger partial charge in [-0.05, 0) is 62.7 Å². The molecule has 1 N–H and O–H groups in total. The van der Waals surface area contributed by atoms with E-state index in [2.05, 4.69) is 5.32 Å². The van der Waals surface area contributed by atoms with Gasteiger partial charge in [-0.25, -0.2) is 12.8 Å². The minimum absolute atomic E-state index is 0.000235. The number of anilines is 1. The Morgan fingerprint density at radius 3 is 2.27 bits per heavy atom. The van der Waals surface area contributed by atoms with Gasteiger partial charge in [0.1, 0.15) is 18.4 Å². The van der Waals surface area contributed by atoms with E-state index in [1.54, 1.807) is 31.2 Å². The zero-order valence-electron chi connectivity index (χ0n) is 21.0. The monoisotopic (exact) mass is 545 g/mol. The third-order valence-corrected chi connectivity index (χ3v) is 8.04. The van der Waals surface area contributed by atoms with Crippen LogP contribution in [-0.4, -0.2) is 44.8 Å². The number of amides is 2. The van der Waals surface area contributed by atoms with Crippen molar-refractivity contribution in [2.24, 2.45) is 0 Å². The van der Waals surface area contributed by atoms with Gasteiger partial charge in [-0.1, -0.05) is 47.5 Å². The fourth-order valence-corrected chi connectivity index (χ4v) is 5.56. The van der Waals surface area contributed by atoms with Crippen LogP contribution in [0.25, 0.3) is 0 Å². The summed E-state index contributed by atoms with van der Waals surface area (Å²) in [5.74, 6) is -1.69. The van der Waals surface area contributed by atoms with Crippen LogP contribution in [0.3, 0.4) is 0 Å². The van der Waals surface area contributed by atoms with Crippen LogP contribution in [0, 0.1) is 19.7 Å². The lowest BCUT2D eigenvalue weighted by molar-refractivity contribution is -0.139. The number of hydrogen-bond donors (Lipinski definition) is 1. The first-order chi connectivity index (χ1) is 17.4. The molecule has 0 bridgehead atoms. The molecule has 3 aromatic rings. The molecule has 0 radical (unpaired) electrons. The first-order valence-electron chi connectivity index (χ1n) is 11.6. The number of benzene rings is 3. The van der Waals surface area contributed by atoms with E-state index >= 15 is 0 Å². The van der Waals surface area contributed by atoms with Gasteiger partial charge >= 0.3 is 0 Å².